The van der Waals surface area contributed by atoms with E-state index in [0.29, 0.717) is 18.1 Å². The van der Waals surface area contributed by atoms with Crippen LogP contribution >= 0.6 is 0 Å². The third-order valence-corrected chi connectivity index (χ3v) is 3.48. The molecule has 1 aromatic carbocycles. The first-order valence-corrected chi connectivity index (χ1v) is 6.87. The van der Waals surface area contributed by atoms with E-state index in [2.05, 4.69) is 15.6 Å². The number of rotatable bonds is 3. The van der Waals surface area contributed by atoms with Gasteiger partial charge in [0.1, 0.15) is 0 Å². The first-order chi connectivity index (χ1) is 10.6. The Morgan fingerprint density at radius 2 is 2.05 bits per heavy atom. The van der Waals surface area contributed by atoms with Crippen molar-refractivity contribution in [1.29, 1.82) is 0 Å². The summed E-state index contributed by atoms with van der Waals surface area (Å²) in [5, 5.41) is 5.32. The Hall–Kier alpha value is -2.89. The minimum absolute atomic E-state index is 0.320. The molecule has 2 amide bonds. The molecular formula is C16H15N3O3. The first kappa shape index (κ1) is 14.1. The summed E-state index contributed by atoms with van der Waals surface area (Å²) >= 11 is 0. The molecule has 1 aliphatic rings. The van der Waals surface area contributed by atoms with Crippen molar-refractivity contribution < 1.29 is 14.3 Å². The van der Waals surface area contributed by atoms with Crippen molar-refractivity contribution in [2.75, 3.05) is 5.32 Å². The van der Waals surface area contributed by atoms with Crippen molar-refractivity contribution >= 4 is 17.6 Å². The number of carbonyl (C=O) groups excluding carboxylic acids is 2. The Bertz CT molecular complexity index is 718. The van der Waals surface area contributed by atoms with E-state index in [1.165, 1.54) is 6.92 Å². The van der Waals surface area contributed by atoms with Crippen LogP contribution < -0.4 is 15.4 Å². The number of aromatic nitrogens is 1. The summed E-state index contributed by atoms with van der Waals surface area (Å²) < 4.78 is 5.60. The highest BCUT2D eigenvalue weighted by atomic mass is 16.5. The van der Waals surface area contributed by atoms with E-state index in [4.69, 9.17) is 4.74 Å². The third kappa shape index (κ3) is 2.50. The van der Waals surface area contributed by atoms with Crippen LogP contribution in [-0.4, -0.2) is 22.4 Å². The average molecular weight is 297 g/mol. The quantitative estimate of drug-likeness (QED) is 0.841. The second-order valence-corrected chi connectivity index (χ2v) is 5.11. The Morgan fingerprint density at radius 1 is 1.27 bits per heavy atom. The Labute approximate surface area is 127 Å². The molecule has 0 saturated heterocycles. The van der Waals surface area contributed by atoms with Gasteiger partial charge in [0.15, 0.2) is 11.6 Å². The summed E-state index contributed by atoms with van der Waals surface area (Å²) in [6.45, 7) is 1.77. The van der Waals surface area contributed by atoms with Crippen LogP contribution in [0.15, 0.2) is 48.7 Å². The largest absolute Gasteiger partial charge is 0.464 e. The third-order valence-electron chi connectivity index (χ3n) is 3.48. The van der Waals surface area contributed by atoms with Crippen LogP contribution in [0.4, 0.5) is 5.82 Å². The number of hydrogen-bond acceptors (Lipinski definition) is 4. The molecule has 2 N–H and O–H groups in total. The SMILES string of the molecule is C[C@]1(C(=O)NCc2ccccc2)Oc2cccnc2NC1=O. The van der Waals surface area contributed by atoms with Crippen molar-refractivity contribution in [2.24, 2.45) is 0 Å². The lowest BCUT2D eigenvalue weighted by molar-refractivity contribution is -0.146. The Kier molecular flexibility index (Phi) is 3.50. The lowest BCUT2D eigenvalue weighted by atomic mass is 10.0. The molecule has 2 aromatic rings. The van der Waals surface area contributed by atoms with Crippen LogP contribution in [-0.2, 0) is 16.1 Å². The molecule has 0 unspecified atom stereocenters. The van der Waals surface area contributed by atoms with E-state index >= 15 is 0 Å². The summed E-state index contributed by atoms with van der Waals surface area (Å²) in [6, 6.07) is 12.8. The maximum absolute atomic E-state index is 12.4. The van der Waals surface area contributed by atoms with Crippen LogP contribution in [0.5, 0.6) is 5.75 Å². The second kappa shape index (κ2) is 5.48. The fourth-order valence-electron chi connectivity index (χ4n) is 2.16. The number of ether oxygens (including phenoxy) is 1. The summed E-state index contributed by atoms with van der Waals surface area (Å²) in [4.78, 5) is 28.6. The molecule has 1 atom stereocenters. The van der Waals surface area contributed by atoms with E-state index in [1.807, 2.05) is 30.3 Å². The highest BCUT2D eigenvalue weighted by Crippen LogP contribution is 2.31. The standard InChI is InChI=1S/C16H15N3O3/c1-16(14(20)18-10-11-6-3-2-4-7-11)15(21)19-13-12(22-16)8-5-9-17-13/h2-9H,10H2,1H3,(H,18,20)(H,17,19,21)/t16-/m1/s1. The van der Waals surface area contributed by atoms with Crippen LogP contribution in [0.1, 0.15) is 12.5 Å². The summed E-state index contributed by atoms with van der Waals surface area (Å²) in [6.07, 6.45) is 1.54. The monoisotopic (exact) mass is 297 g/mol. The predicted octanol–water partition coefficient (Wildman–Crippen LogP) is 1.49. The number of nitrogens with zero attached hydrogens (tertiary/aromatic N) is 1. The smallest absolute Gasteiger partial charge is 0.279 e. The maximum Gasteiger partial charge on any atom is 0.279 e. The molecule has 0 fully saturated rings. The van der Waals surface area contributed by atoms with Gasteiger partial charge < -0.3 is 15.4 Å². The molecule has 0 saturated carbocycles. The molecule has 0 radical (unpaired) electrons. The highest BCUT2D eigenvalue weighted by molar-refractivity contribution is 6.15. The van der Waals surface area contributed by atoms with Gasteiger partial charge in [-0.3, -0.25) is 9.59 Å². The van der Waals surface area contributed by atoms with Crippen LogP contribution in [0.25, 0.3) is 0 Å². The van der Waals surface area contributed by atoms with Crippen molar-refractivity contribution in [3.63, 3.8) is 0 Å². The number of pyridine rings is 1. The van der Waals surface area contributed by atoms with Crippen molar-refractivity contribution in [2.45, 2.75) is 19.1 Å². The fraction of sp³-hybridized carbons (Fsp3) is 0.188. The average Bonchev–Trinajstić information content (AvgIpc) is 2.54. The molecule has 3 rings (SSSR count). The fourth-order valence-corrected chi connectivity index (χ4v) is 2.16. The molecule has 22 heavy (non-hydrogen) atoms. The number of anilines is 1. The van der Waals surface area contributed by atoms with Crippen molar-refractivity contribution in [1.82, 2.24) is 10.3 Å². The van der Waals surface area contributed by atoms with Gasteiger partial charge in [-0.05, 0) is 24.6 Å². The Balaban J connectivity index is 1.75. The van der Waals surface area contributed by atoms with Gasteiger partial charge in [0.05, 0.1) is 0 Å². The number of benzene rings is 1. The molecule has 0 spiro atoms. The number of hydrogen-bond donors (Lipinski definition) is 2. The van der Waals surface area contributed by atoms with Gasteiger partial charge >= 0.3 is 0 Å². The minimum atomic E-state index is -1.62. The summed E-state index contributed by atoms with van der Waals surface area (Å²) in [7, 11) is 0. The van der Waals surface area contributed by atoms with Crippen LogP contribution in [0.2, 0.25) is 0 Å². The number of nitrogens with one attached hydrogen (secondary N) is 2. The molecule has 1 aromatic heterocycles. The number of amides is 2. The second-order valence-electron chi connectivity index (χ2n) is 5.11. The van der Waals surface area contributed by atoms with Crippen LogP contribution in [0.3, 0.4) is 0 Å². The lowest BCUT2D eigenvalue weighted by Gasteiger charge is -2.32. The number of fused-ring (bicyclic) bond motifs is 1. The zero-order chi connectivity index (χ0) is 15.6. The van der Waals surface area contributed by atoms with E-state index in [-0.39, 0.29) is 0 Å². The zero-order valence-corrected chi connectivity index (χ0v) is 12.0. The summed E-state index contributed by atoms with van der Waals surface area (Å²) in [5.74, 6) is -0.340. The van der Waals surface area contributed by atoms with Gasteiger partial charge in [0.2, 0.25) is 0 Å². The van der Waals surface area contributed by atoms with Crippen LogP contribution in [0, 0.1) is 0 Å². The summed E-state index contributed by atoms with van der Waals surface area (Å²) in [5.41, 5.74) is -0.678. The zero-order valence-electron chi connectivity index (χ0n) is 12.0. The molecule has 6 heteroatoms. The minimum Gasteiger partial charge on any atom is -0.464 e. The van der Waals surface area contributed by atoms with Gasteiger partial charge in [-0.1, -0.05) is 30.3 Å². The highest BCUT2D eigenvalue weighted by Gasteiger charge is 2.47. The van der Waals surface area contributed by atoms with E-state index in [9.17, 15) is 9.59 Å². The lowest BCUT2D eigenvalue weighted by Crippen LogP contribution is -2.58. The van der Waals surface area contributed by atoms with E-state index in [0.717, 1.165) is 5.56 Å². The van der Waals surface area contributed by atoms with Gasteiger partial charge in [-0.25, -0.2) is 4.98 Å². The van der Waals surface area contributed by atoms with E-state index in [1.54, 1.807) is 18.3 Å². The molecule has 6 nitrogen and oxygen atoms in total. The van der Waals surface area contributed by atoms with Gasteiger partial charge in [-0.2, -0.15) is 0 Å². The molecule has 112 valence electrons. The predicted molar refractivity (Wildman–Crippen MR) is 80.2 cm³/mol. The molecule has 0 aliphatic carbocycles. The molecule has 0 bridgehead atoms. The first-order valence-electron chi connectivity index (χ1n) is 6.87. The number of carbonyl (C=O) groups is 2. The molecular weight excluding hydrogens is 282 g/mol. The van der Waals surface area contributed by atoms with Gasteiger partial charge in [0.25, 0.3) is 17.4 Å². The maximum atomic E-state index is 12.4. The van der Waals surface area contributed by atoms with Gasteiger partial charge in [-0.15, -0.1) is 0 Å². The molecule has 2 heterocycles. The molecule has 1 aliphatic heterocycles. The van der Waals surface area contributed by atoms with Crippen molar-refractivity contribution in [3.05, 3.63) is 54.2 Å². The topological polar surface area (TPSA) is 80.3 Å². The van der Waals surface area contributed by atoms with Gasteiger partial charge in [0, 0.05) is 12.7 Å². The van der Waals surface area contributed by atoms with E-state index < -0.39 is 17.4 Å². The Morgan fingerprint density at radius 3 is 2.82 bits per heavy atom. The normalized spacial score (nSPS) is 19.6. The van der Waals surface area contributed by atoms with Crippen molar-refractivity contribution in [3.8, 4) is 5.75 Å².